The number of aryl methyl sites for hydroxylation is 2. The zero-order valence-corrected chi connectivity index (χ0v) is 17.2. The highest BCUT2D eigenvalue weighted by atomic mass is 32.1. The highest BCUT2D eigenvalue weighted by Gasteiger charge is 2.15. The Bertz CT molecular complexity index is 1180. The maximum absolute atomic E-state index is 12.8. The van der Waals surface area contributed by atoms with Crippen molar-refractivity contribution in [1.82, 2.24) is 9.97 Å². The molecule has 0 spiro atoms. The molecule has 4 aromatic rings. The number of aromatic nitrogens is 2. The molecule has 0 aliphatic carbocycles. The Labute approximate surface area is 168 Å². The van der Waals surface area contributed by atoms with Gasteiger partial charge in [0.2, 0.25) is 0 Å². The molecule has 142 valence electrons. The molecule has 1 atom stereocenters. The number of thiophene rings is 1. The third-order valence-electron chi connectivity index (χ3n) is 5.04. The van der Waals surface area contributed by atoms with Crippen LogP contribution in [0.3, 0.4) is 0 Å². The molecular formula is C23H24N3OS+. The molecule has 2 N–H and O–H groups in total. The lowest BCUT2D eigenvalue weighted by Crippen LogP contribution is -3.06. The van der Waals surface area contributed by atoms with Crippen molar-refractivity contribution in [2.75, 3.05) is 7.05 Å². The lowest BCUT2D eigenvalue weighted by molar-refractivity contribution is -0.908. The van der Waals surface area contributed by atoms with Crippen LogP contribution in [0, 0.1) is 13.8 Å². The fourth-order valence-electron chi connectivity index (χ4n) is 3.62. The molecule has 5 heteroatoms. The molecule has 0 saturated carbocycles. The second-order valence-corrected chi connectivity index (χ2v) is 8.31. The number of fused-ring (bicyclic) bond motifs is 1. The van der Waals surface area contributed by atoms with E-state index in [4.69, 9.17) is 4.98 Å². The van der Waals surface area contributed by atoms with Crippen LogP contribution in [0.15, 0.2) is 58.7 Å². The monoisotopic (exact) mass is 390 g/mol. The molecule has 0 aliphatic heterocycles. The Morgan fingerprint density at radius 2 is 1.86 bits per heavy atom. The van der Waals surface area contributed by atoms with Gasteiger partial charge in [0.05, 0.1) is 12.4 Å². The van der Waals surface area contributed by atoms with Crippen LogP contribution in [0.4, 0.5) is 0 Å². The van der Waals surface area contributed by atoms with Gasteiger partial charge in [-0.15, -0.1) is 11.3 Å². The van der Waals surface area contributed by atoms with E-state index in [9.17, 15) is 4.79 Å². The summed E-state index contributed by atoms with van der Waals surface area (Å²) in [5.74, 6) is 0.737. The summed E-state index contributed by atoms with van der Waals surface area (Å²) < 4.78 is 0. The SMILES string of the molecule is Cc1ccc(C[NH+](C)Cc2nc3scc(-c4ccccc4)c3c(=O)[nH]2)c(C)c1. The molecule has 2 aromatic heterocycles. The van der Waals surface area contributed by atoms with Crippen molar-refractivity contribution in [2.24, 2.45) is 0 Å². The van der Waals surface area contributed by atoms with Gasteiger partial charge in [-0.1, -0.05) is 54.1 Å². The summed E-state index contributed by atoms with van der Waals surface area (Å²) in [5, 5.41) is 2.71. The van der Waals surface area contributed by atoms with Crippen molar-refractivity contribution >= 4 is 21.6 Å². The minimum absolute atomic E-state index is 0.0561. The number of nitrogens with one attached hydrogen (secondary N) is 2. The van der Waals surface area contributed by atoms with Crippen molar-refractivity contribution in [3.8, 4) is 11.1 Å². The van der Waals surface area contributed by atoms with Crippen LogP contribution < -0.4 is 10.5 Å². The maximum Gasteiger partial charge on any atom is 0.260 e. The third kappa shape index (κ3) is 3.77. The molecule has 2 heterocycles. The average molecular weight is 391 g/mol. The second kappa shape index (κ2) is 7.70. The number of nitrogens with zero attached hydrogens (tertiary/aromatic N) is 1. The largest absolute Gasteiger partial charge is 0.327 e. The molecule has 0 aliphatic rings. The van der Waals surface area contributed by atoms with Gasteiger partial charge < -0.3 is 9.88 Å². The molecule has 0 amide bonds. The molecule has 0 radical (unpaired) electrons. The minimum Gasteiger partial charge on any atom is -0.327 e. The topological polar surface area (TPSA) is 50.2 Å². The van der Waals surface area contributed by atoms with Gasteiger partial charge in [0.1, 0.15) is 17.9 Å². The summed E-state index contributed by atoms with van der Waals surface area (Å²) >= 11 is 1.53. The maximum atomic E-state index is 12.8. The quantitative estimate of drug-likeness (QED) is 0.548. The van der Waals surface area contributed by atoms with Crippen molar-refractivity contribution in [2.45, 2.75) is 26.9 Å². The number of hydrogen-bond acceptors (Lipinski definition) is 3. The zero-order chi connectivity index (χ0) is 19.7. The Morgan fingerprint density at radius 1 is 1.07 bits per heavy atom. The first-order valence-corrected chi connectivity index (χ1v) is 10.3. The number of benzene rings is 2. The number of aromatic amines is 1. The van der Waals surface area contributed by atoms with Crippen LogP contribution in [0.2, 0.25) is 0 Å². The van der Waals surface area contributed by atoms with Gasteiger partial charge >= 0.3 is 0 Å². The van der Waals surface area contributed by atoms with Gasteiger partial charge in [0.25, 0.3) is 5.56 Å². The molecule has 2 aromatic carbocycles. The first-order chi connectivity index (χ1) is 13.5. The van der Waals surface area contributed by atoms with E-state index >= 15 is 0 Å². The lowest BCUT2D eigenvalue weighted by atomic mass is 10.1. The van der Waals surface area contributed by atoms with E-state index in [1.165, 1.54) is 32.9 Å². The number of quaternary nitrogens is 1. The first kappa shape index (κ1) is 18.6. The summed E-state index contributed by atoms with van der Waals surface area (Å²) in [6.07, 6.45) is 0. The van der Waals surface area contributed by atoms with Crippen molar-refractivity contribution in [3.63, 3.8) is 0 Å². The lowest BCUT2D eigenvalue weighted by Gasteiger charge is -2.15. The molecule has 0 bridgehead atoms. The van der Waals surface area contributed by atoms with Gasteiger partial charge in [0, 0.05) is 16.5 Å². The van der Waals surface area contributed by atoms with E-state index in [2.05, 4.69) is 44.1 Å². The van der Waals surface area contributed by atoms with Gasteiger partial charge in [-0.05, 0) is 25.0 Å². The Balaban J connectivity index is 1.59. The fourth-order valence-corrected chi connectivity index (χ4v) is 4.59. The fraction of sp³-hybridized carbons (Fsp3) is 0.217. The van der Waals surface area contributed by atoms with E-state index in [0.29, 0.717) is 11.9 Å². The van der Waals surface area contributed by atoms with E-state index in [-0.39, 0.29) is 5.56 Å². The van der Waals surface area contributed by atoms with Gasteiger partial charge in [0.15, 0.2) is 5.82 Å². The number of H-pyrrole nitrogens is 1. The van der Waals surface area contributed by atoms with Gasteiger partial charge in [-0.3, -0.25) is 4.79 Å². The van der Waals surface area contributed by atoms with Crippen molar-refractivity contribution < 1.29 is 4.90 Å². The van der Waals surface area contributed by atoms with Crippen molar-refractivity contribution in [1.29, 1.82) is 0 Å². The second-order valence-electron chi connectivity index (χ2n) is 7.45. The summed E-state index contributed by atoms with van der Waals surface area (Å²) in [7, 11) is 2.13. The van der Waals surface area contributed by atoms with E-state index < -0.39 is 0 Å². The average Bonchev–Trinajstić information content (AvgIpc) is 3.09. The van der Waals surface area contributed by atoms with Crippen LogP contribution in [0.25, 0.3) is 21.3 Å². The Hall–Kier alpha value is -2.76. The van der Waals surface area contributed by atoms with Crippen LogP contribution in [-0.4, -0.2) is 17.0 Å². The predicted octanol–water partition coefficient (Wildman–Crippen LogP) is 3.48. The van der Waals surface area contributed by atoms with E-state index in [1.807, 2.05) is 35.7 Å². The smallest absolute Gasteiger partial charge is 0.260 e. The zero-order valence-electron chi connectivity index (χ0n) is 16.4. The first-order valence-electron chi connectivity index (χ1n) is 9.44. The Morgan fingerprint density at radius 3 is 2.61 bits per heavy atom. The normalized spacial score (nSPS) is 12.4. The summed E-state index contributed by atoms with van der Waals surface area (Å²) in [6.45, 7) is 5.84. The van der Waals surface area contributed by atoms with Gasteiger partial charge in [-0.2, -0.15) is 0 Å². The number of hydrogen-bond donors (Lipinski definition) is 2. The summed E-state index contributed by atoms with van der Waals surface area (Å²) in [5.41, 5.74) is 5.86. The third-order valence-corrected chi connectivity index (χ3v) is 5.91. The molecule has 0 saturated heterocycles. The van der Waals surface area contributed by atoms with Crippen LogP contribution in [0.5, 0.6) is 0 Å². The van der Waals surface area contributed by atoms with Crippen LogP contribution >= 0.6 is 11.3 Å². The van der Waals surface area contributed by atoms with E-state index in [1.54, 1.807) is 0 Å². The molecule has 28 heavy (non-hydrogen) atoms. The molecular weight excluding hydrogens is 366 g/mol. The summed E-state index contributed by atoms with van der Waals surface area (Å²) in [4.78, 5) is 22.6. The molecule has 0 fully saturated rings. The van der Waals surface area contributed by atoms with Crippen molar-refractivity contribution in [3.05, 3.63) is 86.8 Å². The Kier molecular flexibility index (Phi) is 5.11. The summed E-state index contributed by atoms with van der Waals surface area (Å²) in [6, 6.07) is 16.6. The van der Waals surface area contributed by atoms with Crippen LogP contribution in [-0.2, 0) is 13.1 Å². The predicted molar refractivity (Wildman–Crippen MR) is 116 cm³/mol. The number of rotatable bonds is 5. The standard InChI is InChI=1S/C23H23N3OS/c1-15-9-10-18(16(2)11-15)12-26(3)13-20-24-22(27)21-19(14-28-23(21)25-20)17-7-5-4-6-8-17/h4-11,14H,12-13H2,1-3H3,(H,24,25,27)/p+1. The minimum atomic E-state index is -0.0561. The highest BCUT2D eigenvalue weighted by molar-refractivity contribution is 7.17. The highest BCUT2D eigenvalue weighted by Crippen LogP contribution is 2.30. The van der Waals surface area contributed by atoms with Gasteiger partial charge in [-0.25, -0.2) is 4.98 Å². The van der Waals surface area contributed by atoms with E-state index in [0.717, 1.165) is 28.3 Å². The van der Waals surface area contributed by atoms with Crippen LogP contribution in [0.1, 0.15) is 22.5 Å². The molecule has 4 rings (SSSR count). The molecule has 1 unspecified atom stereocenters. The molecule has 4 nitrogen and oxygen atoms in total.